The maximum atomic E-state index is 13.8. The molecule has 2 aromatic rings. The van der Waals surface area contributed by atoms with E-state index in [0.29, 0.717) is 11.8 Å². The number of nitrogens with zero attached hydrogens (tertiary/aromatic N) is 2. The lowest BCUT2D eigenvalue weighted by Gasteiger charge is -2.55. The van der Waals surface area contributed by atoms with Gasteiger partial charge in [0.25, 0.3) is 5.91 Å². The molecule has 0 bridgehead atoms. The molecule has 1 amide bonds. The van der Waals surface area contributed by atoms with E-state index in [4.69, 9.17) is 4.74 Å². The van der Waals surface area contributed by atoms with E-state index in [1.54, 1.807) is 7.11 Å². The Balaban J connectivity index is 1.46. The number of hydrogen-bond acceptors (Lipinski definition) is 3. The molecule has 1 saturated heterocycles. The fourth-order valence-electron chi connectivity index (χ4n) is 6.76. The van der Waals surface area contributed by atoms with Crippen LogP contribution in [0.5, 0.6) is 5.75 Å². The van der Waals surface area contributed by atoms with Crippen molar-refractivity contribution in [3.8, 4) is 5.75 Å². The van der Waals surface area contributed by atoms with E-state index in [0.717, 1.165) is 43.2 Å². The van der Waals surface area contributed by atoms with Crippen molar-refractivity contribution in [2.45, 2.75) is 63.8 Å². The van der Waals surface area contributed by atoms with Crippen molar-refractivity contribution in [2.75, 3.05) is 33.3 Å². The number of carbonyl (C=O) groups excluding carboxylic acids is 1. The third kappa shape index (κ3) is 5.28. The van der Waals surface area contributed by atoms with Crippen LogP contribution in [0.4, 0.5) is 0 Å². The van der Waals surface area contributed by atoms with Gasteiger partial charge in [-0.2, -0.15) is 0 Å². The molecule has 0 aromatic heterocycles. The SMILES string of the molecule is COc1cccc(C23CCN(CC4CC4)CC2CC[C@@H](N(CC(C)C)C(=O)c2ccccc2)C3)c1. The normalized spacial score (nSPS) is 26.9. The molecule has 2 unspecified atom stereocenters. The average Bonchev–Trinajstić information content (AvgIpc) is 3.71. The Labute approximate surface area is 211 Å². The molecular weight excluding hydrogens is 432 g/mol. The Morgan fingerprint density at radius 2 is 1.89 bits per heavy atom. The minimum Gasteiger partial charge on any atom is -0.497 e. The molecule has 4 heteroatoms. The molecule has 2 aromatic carbocycles. The van der Waals surface area contributed by atoms with E-state index in [1.807, 2.05) is 30.3 Å². The topological polar surface area (TPSA) is 32.8 Å². The van der Waals surface area contributed by atoms with Crippen LogP contribution in [0.25, 0.3) is 0 Å². The number of amides is 1. The highest BCUT2D eigenvalue weighted by molar-refractivity contribution is 5.94. The molecule has 5 rings (SSSR count). The Bertz CT molecular complexity index is 1000. The lowest BCUT2D eigenvalue weighted by Crippen LogP contribution is -2.57. The molecule has 4 nitrogen and oxygen atoms in total. The molecule has 0 N–H and O–H groups in total. The highest BCUT2D eigenvalue weighted by atomic mass is 16.5. The van der Waals surface area contributed by atoms with Crippen LogP contribution in [0, 0.1) is 17.8 Å². The maximum Gasteiger partial charge on any atom is 0.254 e. The summed E-state index contributed by atoms with van der Waals surface area (Å²) in [5.41, 5.74) is 2.32. The second-order valence-corrected chi connectivity index (χ2v) is 11.7. The predicted molar refractivity (Wildman–Crippen MR) is 142 cm³/mol. The van der Waals surface area contributed by atoms with Crippen molar-refractivity contribution < 1.29 is 9.53 Å². The van der Waals surface area contributed by atoms with Crippen molar-refractivity contribution >= 4 is 5.91 Å². The smallest absolute Gasteiger partial charge is 0.254 e. The fourth-order valence-corrected chi connectivity index (χ4v) is 6.76. The molecule has 2 saturated carbocycles. The summed E-state index contributed by atoms with van der Waals surface area (Å²) in [7, 11) is 1.76. The first-order chi connectivity index (χ1) is 17.0. The van der Waals surface area contributed by atoms with Gasteiger partial charge in [-0.05, 0) is 92.7 Å². The predicted octanol–water partition coefficient (Wildman–Crippen LogP) is 6.02. The van der Waals surface area contributed by atoms with Crippen molar-refractivity contribution in [3.05, 3.63) is 65.7 Å². The summed E-state index contributed by atoms with van der Waals surface area (Å²) in [5, 5.41) is 0. The number of carbonyl (C=O) groups is 1. The van der Waals surface area contributed by atoms with E-state index in [9.17, 15) is 4.79 Å². The van der Waals surface area contributed by atoms with Gasteiger partial charge in [0, 0.05) is 36.7 Å². The summed E-state index contributed by atoms with van der Waals surface area (Å²) in [4.78, 5) is 18.7. The zero-order valence-electron chi connectivity index (χ0n) is 21.8. The molecular formula is C31H42N2O2. The first-order valence-corrected chi connectivity index (χ1v) is 13.7. The second-order valence-electron chi connectivity index (χ2n) is 11.7. The lowest BCUT2D eigenvalue weighted by molar-refractivity contribution is 0.00989. The molecule has 3 atom stereocenters. The monoisotopic (exact) mass is 474 g/mol. The number of methoxy groups -OCH3 is 1. The number of fused-ring (bicyclic) bond motifs is 1. The van der Waals surface area contributed by atoms with Gasteiger partial charge in [-0.15, -0.1) is 0 Å². The Morgan fingerprint density at radius 3 is 2.60 bits per heavy atom. The third-order valence-electron chi connectivity index (χ3n) is 8.72. The average molecular weight is 475 g/mol. The number of ether oxygens (including phenoxy) is 1. The number of likely N-dealkylation sites (tertiary alicyclic amines) is 1. The van der Waals surface area contributed by atoms with Crippen LogP contribution in [0.1, 0.15) is 68.3 Å². The number of piperidine rings is 1. The van der Waals surface area contributed by atoms with E-state index in [1.165, 1.54) is 44.3 Å². The second kappa shape index (κ2) is 10.3. The summed E-state index contributed by atoms with van der Waals surface area (Å²) >= 11 is 0. The van der Waals surface area contributed by atoms with E-state index in [-0.39, 0.29) is 17.4 Å². The maximum absolute atomic E-state index is 13.8. The fraction of sp³-hybridized carbons (Fsp3) is 0.581. The van der Waals surface area contributed by atoms with Gasteiger partial charge in [0.05, 0.1) is 7.11 Å². The van der Waals surface area contributed by atoms with Crippen LogP contribution < -0.4 is 4.74 Å². The minimum absolute atomic E-state index is 0.101. The van der Waals surface area contributed by atoms with Gasteiger partial charge in [-0.25, -0.2) is 0 Å². The molecule has 188 valence electrons. The van der Waals surface area contributed by atoms with Crippen LogP contribution in [0.15, 0.2) is 54.6 Å². The van der Waals surface area contributed by atoms with Crippen molar-refractivity contribution in [1.82, 2.24) is 9.80 Å². The molecule has 2 aliphatic carbocycles. The van der Waals surface area contributed by atoms with Gasteiger partial charge in [0.1, 0.15) is 5.75 Å². The largest absolute Gasteiger partial charge is 0.497 e. The van der Waals surface area contributed by atoms with Crippen LogP contribution in [-0.2, 0) is 5.41 Å². The number of benzene rings is 2. The van der Waals surface area contributed by atoms with Crippen LogP contribution in [-0.4, -0.2) is 55.0 Å². The van der Waals surface area contributed by atoms with Gasteiger partial charge in [-0.1, -0.05) is 44.2 Å². The summed E-state index contributed by atoms with van der Waals surface area (Å²) in [6.45, 7) is 8.90. The first-order valence-electron chi connectivity index (χ1n) is 13.7. The van der Waals surface area contributed by atoms with Gasteiger partial charge in [0.2, 0.25) is 0 Å². The lowest BCUT2D eigenvalue weighted by atomic mass is 9.57. The highest BCUT2D eigenvalue weighted by Crippen LogP contribution is 2.51. The summed E-state index contributed by atoms with van der Waals surface area (Å²) in [6, 6.07) is 19.0. The summed E-state index contributed by atoms with van der Waals surface area (Å²) in [6.07, 6.45) is 7.32. The van der Waals surface area contributed by atoms with Crippen LogP contribution in [0.2, 0.25) is 0 Å². The molecule has 3 aliphatic rings. The van der Waals surface area contributed by atoms with Crippen molar-refractivity contribution in [3.63, 3.8) is 0 Å². The van der Waals surface area contributed by atoms with Crippen molar-refractivity contribution in [1.29, 1.82) is 0 Å². The Hall–Kier alpha value is -2.33. The Morgan fingerprint density at radius 1 is 1.09 bits per heavy atom. The standard InChI is InChI=1S/C31H42N2O2/c1-23(2)20-33(30(34)25-8-5-4-6-9-25)28-15-14-27-22-32(21-24-12-13-24)17-16-31(27,19-28)26-10-7-11-29(18-26)35-3/h4-11,18,23-24,27-28H,12-17,19-22H2,1-3H3/t27?,28-,31?/m1/s1. The van der Waals surface area contributed by atoms with Gasteiger partial charge in [-0.3, -0.25) is 4.79 Å². The van der Waals surface area contributed by atoms with Crippen LogP contribution >= 0.6 is 0 Å². The highest BCUT2D eigenvalue weighted by Gasteiger charge is 2.50. The number of hydrogen-bond donors (Lipinski definition) is 0. The van der Waals surface area contributed by atoms with E-state index in [2.05, 4.69) is 47.9 Å². The van der Waals surface area contributed by atoms with Gasteiger partial charge >= 0.3 is 0 Å². The van der Waals surface area contributed by atoms with E-state index >= 15 is 0 Å². The quantitative estimate of drug-likeness (QED) is 0.469. The van der Waals surface area contributed by atoms with E-state index < -0.39 is 0 Å². The van der Waals surface area contributed by atoms with Crippen LogP contribution in [0.3, 0.4) is 0 Å². The number of rotatable bonds is 8. The molecule has 35 heavy (non-hydrogen) atoms. The molecule has 1 aliphatic heterocycles. The zero-order chi connectivity index (χ0) is 24.4. The zero-order valence-corrected chi connectivity index (χ0v) is 21.8. The molecule has 0 radical (unpaired) electrons. The van der Waals surface area contributed by atoms with Gasteiger partial charge in [0.15, 0.2) is 0 Å². The third-order valence-corrected chi connectivity index (χ3v) is 8.72. The summed E-state index contributed by atoms with van der Waals surface area (Å²) in [5.74, 6) is 3.13. The summed E-state index contributed by atoms with van der Waals surface area (Å²) < 4.78 is 5.65. The van der Waals surface area contributed by atoms with Gasteiger partial charge < -0.3 is 14.5 Å². The first kappa shape index (κ1) is 24.4. The Kier molecular flexibility index (Phi) is 7.20. The molecule has 3 fully saturated rings. The van der Waals surface area contributed by atoms with Crippen molar-refractivity contribution in [2.24, 2.45) is 17.8 Å². The molecule has 0 spiro atoms. The minimum atomic E-state index is 0.101. The molecule has 1 heterocycles.